The van der Waals surface area contributed by atoms with Crippen molar-refractivity contribution in [3.8, 4) is 5.75 Å². The second kappa shape index (κ2) is 10.4. The van der Waals surface area contributed by atoms with Gasteiger partial charge in [0.05, 0.1) is 9.92 Å². The molecule has 0 atom stereocenters. The highest BCUT2D eigenvalue weighted by atomic mass is 35.5. The Morgan fingerprint density at radius 1 is 1.19 bits per heavy atom. The molecule has 0 spiro atoms. The van der Waals surface area contributed by atoms with Crippen molar-refractivity contribution in [2.75, 3.05) is 45.7 Å². The van der Waals surface area contributed by atoms with Gasteiger partial charge in [-0.1, -0.05) is 11.6 Å². The molecule has 1 saturated heterocycles. The fourth-order valence-electron chi connectivity index (χ4n) is 3.31. The topological polar surface area (TPSA) is 91.8 Å². The van der Waals surface area contributed by atoms with Crippen LogP contribution in [0.5, 0.6) is 5.75 Å². The van der Waals surface area contributed by atoms with Crippen molar-refractivity contribution in [2.24, 2.45) is 5.92 Å². The number of carbonyl (C=O) groups excluding carboxylic acids is 1. The van der Waals surface area contributed by atoms with E-state index >= 15 is 0 Å². The van der Waals surface area contributed by atoms with Gasteiger partial charge < -0.3 is 10.1 Å². The largest absolute Gasteiger partial charge is 0.492 e. The number of carbonyl (C=O) groups is 1. The van der Waals surface area contributed by atoms with Gasteiger partial charge in [0.25, 0.3) is 0 Å². The van der Waals surface area contributed by atoms with Crippen LogP contribution in [0, 0.1) is 5.92 Å². The molecule has 1 aromatic heterocycles. The number of piperidine rings is 1. The number of hydrogen-bond donors (Lipinski definition) is 1. The van der Waals surface area contributed by atoms with Crippen molar-refractivity contribution < 1.29 is 17.9 Å². The molecule has 168 valence electrons. The molecular weight excluding hydrogens is 440 g/mol. The summed E-state index contributed by atoms with van der Waals surface area (Å²) in [6, 6.07) is 9.81. The summed E-state index contributed by atoms with van der Waals surface area (Å²) in [5.74, 6) is 1.08. The van der Waals surface area contributed by atoms with Crippen LogP contribution < -0.4 is 10.1 Å². The van der Waals surface area contributed by atoms with Crippen LogP contribution in [0.15, 0.2) is 47.5 Å². The molecule has 0 radical (unpaired) electrons. The van der Waals surface area contributed by atoms with Crippen LogP contribution in [0.3, 0.4) is 0 Å². The van der Waals surface area contributed by atoms with Crippen LogP contribution in [-0.4, -0.2) is 68.9 Å². The van der Waals surface area contributed by atoms with E-state index in [0.29, 0.717) is 23.2 Å². The third kappa shape index (κ3) is 6.39. The zero-order valence-electron chi connectivity index (χ0n) is 17.6. The van der Waals surface area contributed by atoms with E-state index in [0.717, 1.165) is 32.5 Å². The van der Waals surface area contributed by atoms with E-state index in [1.54, 1.807) is 36.4 Å². The molecule has 0 unspecified atom stereocenters. The van der Waals surface area contributed by atoms with Gasteiger partial charge in [-0.15, -0.1) is 0 Å². The first-order valence-corrected chi connectivity index (χ1v) is 11.9. The molecule has 8 nitrogen and oxygen atoms in total. The summed E-state index contributed by atoms with van der Waals surface area (Å²) in [5.41, 5.74) is 0. The quantitative estimate of drug-likeness (QED) is 0.643. The van der Waals surface area contributed by atoms with Gasteiger partial charge in [0, 0.05) is 32.8 Å². The Labute approximate surface area is 188 Å². The van der Waals surface area contributed by atoms with Crippen molar-refractivity contribution in [3.63, 3.8) is 0 Å². The van der Waals surface area contributed by atoms with Crippen LogP contribution in [0.25, 0.3) is 0 Å². The fraction of sp³-hybridized carbons (Fsp3) is 0.429. The predicted octanol–water partition coefficient (Wildman–Crippen LogP) is 2.71. The first-order valence-electron chi connectivity index (χ1n) is 10.1. The third-order valence-corrected chi connectivity index (χ3v) is 7.27. The Balaban J connectivity index is 1.39. The van der Waals surface area contributed by atoms with Gasteiger partial charge in [-0.05, 0) is 62.3 Å². The first kappa shape index (κ1) is 23.5. The number of rotatable bonds is 8. The van der Waals surface area contributed by atoms with Gasteiger partial charge in [0.2, 0.25) is 15.9 Å². The SMILES string of the molecule is CN(C)S(=O)(=O)c1ccc(OCCN2CCC(C(=O)Nc3ccc(Cl)cn3)CC2)cc1. The Hall–Kier alpha value is -2.20. The van der Waals surface area contributed by atoms with Gasteiger partial charge in [0.15, 0.2) is 0 Å². The lowest BCUT2D eigenvalue weighted by Crippen LogP contribution is -2.40. The summed E-state index contributed by atoms with van der Waals surface area (Å²) in [5, 5.41) is 3.37. The average Bonchev–Trinajstić information content (AvgIpc) is 2.76. The van der Waals surface area contributed by atoms with Gasteiger partial charge in [0.1, 0.15) is 18.2 Å². The van der Waals surface area contributed by atoms with Crippen LogP contribution in [-0.2, 0) is 14.8 Å². The maximum atomic E-state index is 12.4. The second-order valence-electron chi connectivity index (χ2n) is 7.57. The standard InChI is InChI=1S/C21H27ClN4O4S/c1-25(2)31(28,29)19-6-4-18(5-7-19)30-14-13-26-11-9-16(10-12-26)21(27)24-20-8-3-17(22)15-23-20/h3-8,15-16H,9-14H2,1-2H3,(H,23,24,27). The highest BCUT2D eigenvalue weighted by Gasteiger charge is 2.25. The van der Waals surface area contributed by atoms with Crippen LogP contribution >= 0.6 is 11.6 Å². The maximum absolute atomic E-state index is 12.4. The third-order valence-electron chi connectivity index (χ3n) is 5.22. The van der Waals surface area contributed by atoms with E-state index in [-0.39, 0.29) is 16.7 Å². The maximum Gasteiger partial charge on any atom is 0.242 e. The van der Waals surface area contributed by atoms with Gasteiger partial charge in [-0.2, -0.15) is 0 Å². The highest BCUT2D eigenvalue weighted by molar-refractivity contribution is 7.89. The van der Waals surface area contributed by atoms with E-state index < -0.39 is 10.0 Å². The smallest absolute Gasteiger partial charge is 0.242 e. The predicted molar refractivity (Wildman–Crippen MR) is 120 cm³/mol. The van der Waals surface area contributed by atoms with Gasteiger partial charge in [-0.25, -0.2) is 17.7 Å². The van der Waals surface area contributed by atoms with E-state index in [4.69, 9.17) is 16.3 Å². The minimum Gasteiger partial charge on any atom is -0.492 e. The van der Waals surface area contributed by atoms with E-state index in [1.165, 1.54) is 24.6 Å². The number of halogens is 1. The van der Waals surface area contributed by atoms with Gasteiger partial charge in [-0.3, -0.25) is 9.69 Å². The average molecular weight is 467 g/mol. The van der Waals surface area contributed by atoms with Crippen LogP contribution in [0.4, 0.5) is 5.82 Å². The number of nitrogens with one attached hydrogen (secondary N) is 1. The number of amides is 1. The van der Waals surface area contributed by atoms with E-state index in [1.807, 2.05) is 0 Å². The Bertz CT molecular complexity index is 973. The molecule has 0 bridgehead atoms. The number of benzene rings is 1. The van der Waals surface area contributed by atoms with Gasteiger partial charge >= 0.3 is 0 Å². The van der Waals surface area contributed by atoms with Crippen molar-refractivity contribution in [2.45, 2.75) is 17.7 Å². The summed E-state index contributed by atoms with van der Waals surface area (Å²) in [4.78, 5) is 19.0. The number of aromatic nitrogens is 1. The molecule has 31 heavy (non-hydrogen) atoms. The normalized spacial score (nSPS) is 15.7. The highest BCUT2D eigenvalue weighted by Crippen LogP contribution is 2.21. The molecule has 2 heterocycles. The molecule has 1 amide bonds. The summed E-state index contributed by atoms with van der Waals surface area (Å²) < 4.78 is 31.1. The molecule has 3 rings (SSSR count). The fourth-order valence-corrected chi connectivity index (χ4v) is 4.32. The molecule has 1 aliphatic heterocycles. The minimum absolute atomic E-state index is 0.0153. The Kier molecular flexibility index (Phi) is 7.88. The molecule has 0 saturated carbocycles. The molecule has 2 aromatic rings. The molecule has 1 aliphatic rings. The molecule has 1 N–H and O–H groups in total. The van der Waals surface area contributed by atoms with Crippen molar-refractivity contribution in [1.29, 1.82) is 0 Å². The van der Waals surface area contributed by atoms with Crippen molar-refractivity contribution in [1.82, 2.24) is 14.2 Å². The molecule has 10 heteroatoms. The number of hydrogen-bond acceptors (Lipinski definition) is 6. The van der Waals surface area contributed by atoms with Crippen molar-refractivity contribution in [3.05, 3.63) is 47.6 Å². The summed E-state index contributed by atoms with van der Waals surface area (Å²) in [7, 11) is -0.436. The number of pyridine rings is 1. The lowest BCUT2D eigenvalue weighted by molar-refractivity contribution is -0.121. The van der Waals surface area contributed by atoms with E-state index in [2.05, 4.69) is 15.2 Å². The number of ether oxygens (including phenoxy) is 1. The lowest BCUT2D eigenvalue weighted by Gasteiger charge is -2.31. The molecule has 1 aromatic carbocycles. The molecular formula is C21H27ClN4O4S. The number of anilines is 1. The Morgan fingerprint density at radius 2 is 1.87 bits per heavy atom. The lowest BCUT2D eigenvalue weighted by atomic mass is 9.96. The number of nitrogens with zero attached hydrogens (tertiary/aromatic N) is 3. The second-order valence-corrected chi connectivity index (χ2v) is 10.2. The zero-order valence-corrected chi connectivity index (χ0v) is 19.2. The molecule has 1 fully saturated rings. The number of sulfonamides is 1. The monoisotopic (exact) mass is 466 g/mol. The summed E-state index contributed by atoms with van der Waals surface area (Å²) >= 11 is 5.81. The van der Waals surface area contributed by atoms with E-state index in [9.17, 15) is 13.2 Å². The van der Waals surface area contributed by atoms with Crippen molar-refractivity contribution >= 4 is 33.3 Å². The minimum atomic E-state index is -3.44. The number of likely N-dealkylation sites (tertiary alicyclic amines) is 1. The zero-order chi connectivity index (χ0) is 22.4. The molecule has 0 aliphatic carbocycles. The van der Waals surface area contributed by atoms with Crippen LogP contribution in [0.1, 0.15) is 12.8 Å². The Morgan fingerprint density at radius 3 is 2.45 bits per heavy atom. The van der Waals surface area contributed by atoms with Crippen LogP contribution in [0.2, 0.25) is 5.02 Å². The summed E-state index contributed by atoms with van der Waals surface area (Å²) in [6.07, 6.45) is 3.06. The first-order chi connectivity index (χ1) is 14.8. The summed E-state index contributed by atoms with van der Waals surface area (Å²) in [6.45, 7) is 2.86.